The summed E-state index contributed by atoms with van der Waals surface area (Å²) in [6.45, 7) is 1.93. The summed E-state index contributed by atoms with van der Waals surface area (Å²) in [5.74, 6) is -0.601. The number of benzene rings is 1. The summed E-state index contributed by atoms with van der Waals surface area (Å²) in [5.41, 5.74) is 0.884. The predicted octanol–water partition coefficient (Wildman–Crippen LogP) is 1.19. The van der Waals surface area contributed by atoms with E-state index in [9.17, 15) is 19.1 Å². The summed E-state index contributed by atoms with van der Waals surface area (Å²) in [6.07, 6.45) is 3.39. The first kappa shape index (κ1) is 21.3. The zero-order valence-corrected chi connectivity index (χ0v) is 18.3. The van der Waals surface area contributed by atoms with Crippen LogP contribution < -0.4 is 10.9 Å². The molecular formula is C23H25FN6O3. The fraction of sp³-hybridized carbons (Fsp3) is 0.391. The van der Waals surface area contributed by atoms with Crippen molar-refractivity contribution in [3.63, 3.8) is 0 Å². The minimum Gasteiger partial charge on any atom is -0.502 e. The second-order valence-electron chi connectivity index (χ2n) is 8.70. The summed E-state index contributed by atoms with van der Waals surface area (Å²) >= 11 is 0. The Balaban J connectivity index is 1.36. The molecule has 0 unspecified atom stereocenters. The summed E-state index contributed by atoms with van der Waals surface area (Å²) in [4.78, 5) is 32.3. The molecule has 10 heteroatoms. The van der Waals surface area contributed by atoms with E-state index in [-0.39, 0.29) is 35.9 Å². The number of carbonyl (C=O) groups excluding carboxylic acids is 1. The van der Waals surface area contributed by atoms with Crippen LogP contribution in [0.25, 0.3) is 0 Å². The van der Waals surface area contributed by atoms with Gasteiger partial charge in [-0.2, -0.15) is 5.10 Å². The number of hydrogen-bond donors (Lipinski definition) is 2. The van der Waals surface area contributed by atoms with E-state index < -0.39 is 11.3 Å². The van der Waals surface area contributed by atoms with Crippen molar-refractivity contribution in [1.29, 1.82) is 0 Å². The van der Waals surface area contributed by atoms with Crippen LogP contribution >= 0.6 is 0 Å². The van der Waals surface area contributed by atoms with Gasteiger partial charge in [0, 0.05) is 39.4 Å². The maximum Gasteiger partial charge on any atom is 0.296 e. The lowest BCUT2D eigenvalue weighted by atomic mass is 10.1. The SMILES string of the molecule is Cn1ccc(CN2CCn3c(nc(CC(=O)NCc4ccc(F)cc4)c(O)c3=O)C23CC3)n1. The fourth-order valence-corrected chi connectivity index (χ4v) is 4.50. The van der Waals surface area contributed by atoms with E-state index in [1.165, 1.54) is 16.7 Å². The highest BCUT2D eigenvalue weighted by Crippen LogP contribution is 2.52. The van der Waals surface area contributed by atoms with Gasteiger partial charge in [0.15, 0.2) is 0 Å². The minimum atomic E-state index is -0.509. The first-order valence-corrected chi connectivity index (χ1v) is 10.9. The molecule has 2 aromatic heterocycles. The standard InChI is InChI=1S/C23H25FN6O3/c1-28-9-6-17(27-28)14-29-10-11-30-21(33)20(32)18(26-22(30)23(29)7-8-23)12-19(31)25-13-15-2-4-16(24)5-3-15/h2-6,9,32H,7-8,10-14H2,1H3,(H,25,31). The molecule has 1 saturated carbocycles. The van der Waals surface area contributed by atoms with Crippen molar-refractivity contribution in [3.05, 3.63) is 75.5 Å². The first-order valence-electron chi connectivity index (χ1n) is 10.9. The zero-order chi connectivity index (χ0) is 23.2. The van der Waals surface area contributed by atoms with Gasteiger partial charge in [-0.25, -0.2) is 9.37 Å². The maximum atomic E-state index is 13.0. The van der Waals surface area contributed by atoms with Gasteiger partial charge in [-0.05, 0) is 36.6 Å². The topological polar surface area (TPSA) is 105 Å². The van der Waals surface area contributed by atoms with Crippen molar-refractivity contribution in [3.8, 4) is 5.75 Å². The molecule has 2 aliphatic rings. The van der Waals surface area contributed by atoms with Gasteiger partial charge in [0.1, 0.15) is 11.6 Å². The second-order valence-corrected chi connectivity index (χ2v) is 8.70. The van der Waals surface area contributed by atoms with E-state index in [0.717, 1.165) is 24.1 Å². The third-order valence-corrected chi connectivity index (χ3v) is 6.41. The molecule has 3 aromatic rings. The lowest BCUT2D eigenvalue weighted by Gasteiger charge is -2.37. The highest BCUT2D eigenvalue weighted by Gasteiger charge is 2.55. The highest BCUT2D eigenvalue weighted by molar-refractivity contribution is 5.78. The quantitative estimate of drug-likeness (QED) is 0.582. The lowest BCUT2D eigenvalue weighted by molar-refractivity contribution is -0.120. The highest BCUT2D eigenvalue weighted by atomic mass is 19.1. The molecule has 1 aliphatic carbocycles. The third-order valence-electron chi connectivity index (χ3n) is 6.41. The second kappa shape index (κ2) is 8.11. The molecule has 1 aromatic carbocycles. The fourth-order valence-electron chi connectivity index (χ4n) is 4.50. The van der Waals surface area contributed by atoms with E-state index >= 15 is 0 Å². The van der Waals surface area contributed by atoms with Crippen LogP contribution in [-0.2, 0) is 43.4 Å². The van der Waals surface area contributed by atoms with Crippen molar-refractivity contribution in [2.75, 3.05) is 6.54 Å². The van der Waals surface area contributed by atoms with E-state index in [2.05, 4.69) is 20.3 Å². The van der Waals surface area contributed by atoms with Gasteiger partial charge in [-0.1, -0.05) is 12.1 Å². The number of carbonyl (C=O) groups is 1. The van der Waals surface area contributed by atoms with Crippen LogP contribution in [0.15, 0.2) is 41.3 Å². The lowest BCUT2D eigenvalue weighted by Crippen LogP contribution is -2.48. The smallest absolute Gasteiger partial charge is 0.296 e. The number of fused-ring (bicyclic) bond motifs is 2. The molecule has 1 aliphatic heterocycles. The molecule has 0 radical (unpaired) electrons. The Morgan fingerprint density at radius 1 is 1.21 bits per heavy atom. The van der Waals surface area contributed by atoms with Crippen LogP contribution in [0.3, 0.4) is 0 Å². The number of nitrogens with one attached hydrogen (secondary N) is 1. The number of rotatable bonds is 6. The van der Waals surface area contributed by atoms with Crippen molar-refractivity contribution in [2.45, 2.75) is 44.4 Å². The molecule has 0 saturated heterocycles. The number of aromatic hydroxyl groups is 1. The van der Waals surface area contributed by atoms with Gasteiger partial charge >= 0.3 is 0 Å². The number of amides is 1. The summed E-state index contributed by atoms with van der Waals surface area (Å²) in [5, 5.41) is 17.7. The molecule has 1 fully saturated rings. The Bertz CT molecular complexity index is 1260. The molecule has 1 amide bonds. The van der Waals surface area contributed by atoms with Crippen molar-refractivity contribution >= 4 is 5.91 Å². The summed E-state index contributed by atoms with van der Waals surface area (Å²) in [7, 11) is 1.87. The van der Waals surface area contributed by atoms with Gasteiger partial charge in [0.2, 0.25) is 11.7 Å². The van der Waals surface area contributed by atoms with Crippen LogP contribution in [-0.4, -0.2) is 41.8 Å². The van der Waals surface area contributed by atoms with E-state index in [1.807, 2.05) is 19.3 Å². The first-order chi connectivity index (χ1) is 15.9. The Labute approximate surface area is 189 Å². The Morgan fingerprint density at radius 2 is 1.97 bits per heavy atom. The molecule has 2 N–H and O–H groups in total. The van der Waals surface area contributed by atoms with Crippen molar-refractivity contribution in [2.24, 2.45) is 7.05 Å². The molecule has 3 heterocycles. The van der Waals surface area contributed by atoms with E-state index in [0.29, 0.717) is 25.5 Å². The summed E-state index contributed by atoms with van der Waals surface area (Å²) in [6, 6.07) is 7.79. The molecule has 5 rings (SSSR count). The molecule has 0 bridgehead atoms. The van der Waals surface area contributed by atoms with E-state index in [1.54, 1.807) is 16.8 Å². The zero-order valence-electron chi connectivity index (χ0n) is 18.3. The molecular weight excluding hydrogens is 427 g/mol. The number of hydrogen-bond acceptors (Lipinski definition) is 6. The van der Waals surface area contributed by atoms with E-state index in [4.69, 9.17) is 0 Å². The number of halogens is 1. The van der Waals surface area contributed by atoms with Gasteiger partial charge in [-0.3, -0.25) is 23.7 Å². The normalized spacial score (nSPS) is 16.5. The molecule has 1 spiro atoms. The Morgan fingerprint density at radius 3 is 2.64 bits per heavy atom. The van der Waals surface area contributed by atoms with Gasteiger partial charge in [-0.15, -0.1) is 0 Å². The van der Waals surface area contributed by atoms with Crippen molar-refractivity contribution in [1.82, 2.24) is 29.5 Å². The monoisotopic (exact) mass is 452 g/mol. The predicted molar refractivity (Wildman–Crippen MR) is 117 cm³/mol. The van der Waals surface area contributed by atoms with Crippen LogP contribution in [0.1, 0.15) is 35.6 Å². The molecule has 33 heavy (non-hydrogen) atoms. The van der Waals surface area contributed by atoms with Gasteiger partial charge in [0.05, 0.1) is 23.3 Å². The van der Waals surface area contributed by atoms with Crippen LogP contribution in [0.2, 0.25) is 0 Å². The molecule has 0 atom stereocenters. The number of aryl methyl sites for hydroxylation is 1. The van der Waals surface area contributed by atoms with Gasteiger partial charge in [0.25, 0.3) is 5.56 Å². The minimum absolute atomic E-state index is 0.0776. The number of nitrogens with zero attached hydrogens (tertiary/aromatic N) is 5. The number of aromatic nitrogens is 4. The van der Waals surface area contributed by atoms with Crippen molar-refractivity contribution < 1.29 is 14.3 Å². The summed E-state index contributed by atoms with van der Waals surface area (Å²) < 4.78 is 16.3. The van der Waals surface area contributed by atoms with Crippen LogP contribution in [0.5, 0.6) is 5.75 Å². The van der Waals surface area contributed by atoms with Gasteiger partial charge < -0.3 is 10.4 Å². The molecule has 172 valence electrons. The average molecular weight is 452 g/mol. The Kier molecular flexibility index (Phi) is 5.24. The Hall–Kier alpha value is -3.53. The van der Waals surface area contributed by atoms with Crippen LogP contribution in [0.4, 0.5) is 4.39 Å². The largest absolute Gasteiger partial charge is 0.502 e. The third kappa shape index (κ3) is 4.02. The maximum absolute atomic E-state index is 13.0. The molecule has 9 nitrogen and oxygen atoms in total. The average Bonchev–Trinajstić information content (AvgIpc) is 3.48. The van der Waals surface area contributed by atoms with Crippen LogP contribution in [0, 0.1) is 5.82 Å².